The van der Waals surface area contributed by atoms with Crippen molar-refractivity contribution in [2.24, 2.45) is 0 Å². The number of pyridine rings is 2. The SMILES string of the molecule is Cc1cc(N2CCn3c(nnc3C(F)(F)F)C2)ncc1CNc1ccnc2c1CCN2. The molecule has 0 saturated carbocycles. The summed E-state index contributed by atoms with van der Waals surface area (Å²) in [7, 11) is 0. The number of aromatic nitrogens is 5. The number of nitrogens with one attached hydrogen (secondary N) is 2. The van der Waals surface area contributed by atoms with Crippen LogP contribution >= 0.6 is 0 Å². The molecule has 2 aliphatic heterocycles. The van der Waals surface area contributed by atoms with Crippen molar-refractivity contribution in [3.8, 4) is 0 Å². The lowest BCUT2D eigenvalue weighted by Gasteiger charge is -2.29. The zero-order valence-corrected chi connectivity index (χ0v) is 16.9. The minimum absolute atomic E-state index is 0.169. The summed E-state index contributed by atoms with van der Waals surface area (Å²) in [5.41, 5.74) is 4.37. The molecule has 0 bridgehead atoms. The summed E-state index contributed by atoms with van der Waals surface area (Å²) in [5.74, 6) is 1.01. The molecule has 0 radical (unpaired) electrons. The monoisotopic (exact) mass is 430 g/mol. The Hall–Kier alpha value is -3.37. The topological polar surface area (TPSA) is 83.8 Å². The van der Waals surface area contributed by atoms with E-state index >= 15 is 0 Å². The number of fused-ring (bicyclic) bond motifs is 2. The number of alkyl halides is 3. The van der Waals surface area contributed by atoms with Crippen LogP contribution in [0.25, 0.3) is 0 Å². The number of hydrogen-bond donors (Lipinski definition) is 2. The quantitative estimate of drug-likeness (QED) is 0.658. The lowest BCUT2D eigenvalue weighted by atomic mass is 10.1. The molecule has 11 heteroatoms. The van der Waals surface area contributed by atoms with Gasteiger partial charge in [0.1, 0.15) is 11.6 Å². The maximum absolute atomic E-state index is 13.0. The van der Waals surface area contributed by atoms with Gasteiger partial charge in [-0.3, -0.25) is 0 Å². The van der Waals surface area contributed by atoms with E-state index in [-0.39, 0.29) is 13.1 Å². The van der Waals surface area contributed by atoms with E-state index in [4.69, 9.17) is 0 Å². The number of rotatable bonds is 4. The summed E-state index contributed by atoms with van der Waals surface area (Å²) in [6.45, 7) is 4.35. The van der Waals surface area contributed by atoms with E-state index in [9.17, 15) is 13.2 Å². The van der Waals surface area contributed by atoms with Crippen LogP contribution in [-0.4, -0.2) is 37.8 Å². The fraction of sp³-hybridized carbons (Fsp3) is 0.400. The molecule has 0 unspecified atom stereocenters. The minimum Gasteiger partial charge on any atom is -0.381 e. The third kappa shape index (κ3) is 3.64. The molecule has 2 aliphatic rings. The molecule has 3 aromatic rings. The number of nitrogens with zero attached hydrogens (tertiary/aromatic N) is 6. The van der Waals surface area contributed by atoms with Crippen molar-refractivity contribution in [1.82, 2.24) is 24.7 Å². The van der Waals surface area contributed by atoms with Crippen molar-refractivity contribution < 1.29 is 13.2 Å². The first-order chi connectivity index (χ1) is 14.9. The molecule has 0 atom stereocenters. The van der Waals surface area contributed by atoms with E-state index in [1.807, 2.05) is 30.2 Å². The van der Waals surface area contributed by atoms with Gasteiger partial charge < -0.3 is 20.1 Å². The van der Waals surface area contributed by atoms with Crippen LogP contribution < -0.4 is 15.5 Å². The lowest BCUT2D eigenvalue weighted by molar-refractivity contribution is -0.147. The van der Waals surface area contributed by atoms with Crippen LogP contribution in [0.4, 0.5) is 30.5 Å². The van der Waals surface area contributed by atoms with E-state index in [1.165, 1.54) is 5.56 Å². The first kappa shape index (κ1) is 19.6. The van der Waals surface area contributed by atoms with Gasteiger partial charge >= 0.3 is 6.18 Å². The molecule has 2 N–H and O–H groups in total. The molecule has 3 aromatic heterocycles. The van der Waals surface area contributed by atoms with Gasteiger partial charge in [0.2, 0.25) is 5.82 Å². The molecular weight excluding hydrogens is 409 g/mol. The second-order valence-corrected chi connectivity index (χ2v) is 7.70. The third-order valence-electron chi connectivity index (χ3n) is 5.73. The second kappa shape index (κ2) is 7.40. The standard InChI is InChI=1S/C20H21F3N8/c1-12-8-16(30-6-7-31-17(11-30)28-29-19(31)20(21,22)23)27-10-13(12)9-26-15-3-5-25-18-14(15)2-4-24-18/h3,5,8,10H,2,4,6-7,9,11H2,1H3,(H2,24,25,26). The van der Waals surface area contributed by atoms with Crippen molar-refractivity contribution in [3.05, 3.63) is 52.9 Å². The largest absolute Gasteiger partial charge is 0.451 e. The predicted octanol–water partition coefficient (Wildman–Crippen LogP) is 3.00. The van der Waals surface area contributed by atoms with Crippen molar-refractivity contribution in [3.63, 3.8) is 0 Å². The Kier molecular flexibility index (Phi) is 4.67. The normalized spacial score (nSPS) is 15.4. The first-order valence-corrected chi connectivity index (χ1v) is 10.1. The van der Waals surface area contributed by atoms with Crippen molar-refractivity contribution in [2.75, 3.05) is 28.6 Å². The lowest BCUT2D eigenvalue weighted by Crippen LogP contribution is -2.35. The Morgan fingerprint density at radius 3 is 2.87 bits per heavy atom. The van der Waals surface area contributed by atoms with E-state index in [0.717, 1.165) is 46.0 Å². The Morgan fingerprint density at radius 2 is 2.06 bits per heavy atom. The summed E-state index contributed by atoms with van der Waals surface area (Å²) in [4.78, 5) is 10.8. The van der Waals surface area contributed by atoms with Crippen LogP contribution in [0.1, 0.15) is 28.3 Å². The van der Waals surface area contributed by atoms with Gasteiger partial charge in [0.15, 0.2) is 5.82 Å². The number of hydrogen-bond acceptors (Lipinski definition) is 7. The van der Waals surface area contributed by atoms with Gasteiger partial charge in [0.05, 0.1) is 6.54 Å². The van der Waals surface area contributed by atoms with Crippen LogP contribution in [0, 0.1) is 6.92 Å². The summed E-state index contributed by atoms with van der Waals surface area (Å²) in [6, 6.07) is 3.94. The number of anilines is 3. The van der Waals surface area contributed by atoms with Crippen LogP contribution in [0.2, 0.25) is 0 Å². The maximum atomic E-state index is 13.0. The van der Waals surface area contributed by atoms with E-state index < -0.39 is 12.0 Å². The van der Waals surface area contributed by atoms with Gasteiger partial charge in [-0.2, -0.15) is 13.2 Å². The summed E-state index contributed by atoms with van der Waals surface area (Å²) < 4.78 is 40.2. The molecule has 0 amide bonds. The summed E-state index contributed by atoms with van der Waals surface area (Å²) >= 11 is 0. The Balaban J connectivity index is 1.29. The Morgan fingerprint density at radius 1 is 1.19 bits per heavy atom. The Bertz CT molecular complexity index is 1120. The van der Waals surface area contributed by atoms with Gasteiger partial charge in [-0.05, 0) is 36.6 Å². The summed E-state index contributed by atoms with van der Waals surface area (Å²) in [6.07, 6.45) is 0.0456. The van der Waals surface area contributed by atoms with Crippen LogP contribution in [0.15, 0.2) is 24.5 Å². The second-order valence-electron chi connectivity index (χ2n) is 7.70. The highest BCUT2D eigenvalue weighted by Gasteiger charge is 2.39. The molecule has 5 rings (SSSR count). The van der Waals surface area contributed by atoms with Gasteiger partial charge in [-0.1, -0.05) is 0 Å². The van der Waals surface area contributed by atoms with Gasteiger partial charge in [0.25, 0.3) is 0 Å². The molecule has 0 fully saturated rings. The van der Waals surface area contributed by atoms with Crippen molar-refractivity contribution in [2.45, 2.75) is 39.2 Å². The highest BCUT2D eigenvalue weighted by molar-refractivity contribution is 5.64. The van der Waals surface area contributed by atoms with E-state index in [0.29, 0.717) is 18.9 Å². The molecule has 0 spiro atoms. The minimum atomic E-state index is -4.50. The van der Waals surface area contributed by atoms with Crippen LogP contribution in [-0.2, 0) is 32.2 Å². The smallest absolute Gasteiger partial charge is 0.381 e. The van der Waals surface area contributed by atoms with E-state index in [1.54, 1.807) is 6.20 Å². The Labute approximate surface area is 176 Å². The maximum Gasteiger partial charge on any atom is 0.451 e. The average molecular weight is 430 g/mol. The molecule has 0 aromatic carbocycles. The summed E-state index contributed by atoms with van der Waals surface area (Å²) in [5, 5.41) is 13.8. The molecule has 31 heavy (non-hydrogen) atoms. The fourth-order valence-electron chi connectivity index (χ4n) is 4.05. The zero-order valence-electron chi connectivity index (χ0n) is 16.9. The van der Waals surface area contributed by atoms with Crippen LogP contribution in [0.5, 0.6) is 0 Å². The molecule has 0 aliphatic carbocycles. The van der Waals surface area contributed by atoms with Gasteiger partial charge in [-0.25, -0.2) is 9.97 Å². The van der Waals surface area contributed by atoms with Gasteiger partial charge in [-0.15, -0.1) is 10.2 Å². The predicted molar refractivity (Wildman–Crippen MR) is 109 cm³/mol. The zero-order chi connectivity index (χ0) is 21.6. The highest BCUT2D eigenvalue weighted by Crippen LogP contribution is 2.31. The third-order valence-corrected chi connectivity index (χ3v) is 5.73. The first-order valence-electron chi connectivity index (χ1n) is 10.1. The van der Waals surface area contributed by atoms with Crippen molar-refractivity contribution in [1.29, 1.82) is 0 Å². The fourth-order valence-corrected chi connectivity index (χ4v) is 4.05. The molecule has 8 nitrogen and oxygen atoms in total. The van der Waals surface area contributed by atoms with Crippen molar-refractivity contribution >= 4 is 17.3 Å². The molecule has 162 valence electrons. The number of halogens is 3. The average Bonchev–Trinajstić information content (AvgIpc) is 3.39. The van der Waals surface area contributed by atoms with E-state index in [2.05, 4.69) is 30.8 Å². The molecule has 5 heterocycles. The molecular formula is C20H21F3N8. The van der Waals surface area contributed by atoms with Crippen LogP contribution in [0.3, 0.4) is 0 Å². The van der Waals surface area contributed by atoms with Gasteiger partial charge in [0, 0.05) is 49.8 Å². The number of aryl methyl sites for hydroxylation is 1. The highest BCUT2D eigenvalue weighted by atomic mass is 19.4. The molecule has 0 saturated heterocycles.